The molecule has 0 spiro atoms. The molecular formula is C35H35N3. The smallest absolute Gasteiger partial charge is 0.0849 e. The van der Waals surface area contributed by atoms with E-state index in [1.165, 1.54) is 33.4 Å². The Balaban J connectivity index is 1.42. The van der Waals surface area contributed by atoms with E-state index in [1.807, 2.05) is 32.0 Å². The first-order chi connectivity index (χ1) is 18.3. The van der Waals surface area contributed by atoms with Crippen molar-refractivity contribution in [3.63, 3.8) is 0 Å². The third-order valence-corrected chi connectivity index (χ3v) is 7.34. The Hall–Kier alpha value is -4.11. The average Bonchev–Trinajstić information content (AvgIpc) is 3.63. The topological polar surface area (TPSA) is 37.6 Å². The number of pyridine rings is 1. The number of aromatic nitrogens is 1. The molecule has 1 aromatic heterocycles. The fourth-order valence-corrected chi connectivity index (χ4v) is 5.31. The monoisotopic (exact) mass is 497 g/mol. The number of benzene rings is 2. The van der Waals surface area contributed by atoms with Gasteiger partial charge in [-0.05, 0) is 87.1 Å². The van der Waals surface area contributed by atoms with Crippen LogP contribution < -0.4 is 0 Å². The zero-order chi connectivity index (χ0) is 26.8. The molecule has 0 radical (unpaired) electrons. The van der Waals surface area contributed by atoms with E-state index >= 15 is 0 Å². The lowest BCUT2D eigenvalue weighted by Gasteiger charge is -2.14. The lowest BCUT2D eigenvalue weighted by Crippen LogP contribution is -2.05. The standard InChI is InChI=1S/C35H35N3/c1-22-18-30(28-12-7-8-13-28)19-23(2)34(22)36-26(5)32-16-11-17-33(38-32)27(6)37-35-24(3)20-31(21-25(35)4)29-14-9-10-15-29/h7-21,28-29H,1-6H3. The first-order valence-electron chi connectivity index (χ1n) is 13.3. The number of hydrogen-bond acceptors (Lipinski definition) is 3. The predicted molar refractivity (Wildman–Crippen MR) is 162 cm³/mol. The Morgan fingerprint density at radius 3 is 1.26 bits per heavy atom. The highest BCUT2D eigenvalue weighted by molar-refractivity contribution is 6.02. The van der Waals surface area contributed by atoms with E-state index in [1.54, 1.807) is 0 Å². The van der Waals surface area contributed by atoms with Gasteiger partial charge in [-0.25, -0.2) is 4.98 Å². The summed E-state index contributed by atoms with van der Waals surface area (Å²) in [4.78, 5) is 15.0. The van der Waals surface area contributed by atoms with Crippen LogP contribution in [0.2, 0.25) is 0 Å². The second-order valence-corrected chi connectivity index (χ2v) is 10.4. The number of aliphatic imine (C=N–C) groups is 2. The molecule has 5 rings (SSSR count). The van der Waals surface area contributed by atoms with E-state index in [4.69, 9.17) is 15.0 Å². The number of hydrogen-bond donors (Lipinski definition) is 0. The van der Waals surface area contributed by atoms with Crippen LogP contribution >= 0.6 is 0 Å². The minimum atomic E-state index is 0.354. The maximum Gasteiger partial charge on any atom is 0.0849 e. The molecule has 38 heavy (non-hydrogen) atoms. The molecule has 0 aliphatic heterocycles. The molecule has 0 unspecified atom stereocenters. The summed E-state index contributed by atoms with van der Waals surface area (Å²) in [7, 11) is 0. The minimum Gasteiger partial charge on any atom is -0.251 e. The minimum absolute atomic E-state index is 0.354. The summed E-state index contributed by atoms with van der Waals surface area (Å²) < 4.78 is 0. The number of nitrogens with zero attached hydrogens (tertiary/aromatic N) is 3. The Morgan fingerprint density at radius 1 is 0.579 bits per heavy atom. The van der Waals surface area contributed by atoms with Crippen LogP contribution in [0.3, 0.4) is 0 Å². The third kappa shape index (κ3) is 5.28. The Labute approximate surface area is 226 Å². The zero-order valence-corrected chi connectivity index (χ0v) is 23.2. The summed E-state index contributed by atoms with van der Waals surface area (Å²) >= 11 is 0. The Bertz CT molecular complexity index is 1390. The quantitative estimate of drug-likeness (QED) is 0.313. The summed E-state index contributed by atoms with van der Waals surface area (Å²) in [6.45, 7) is 12.6. The van der Waals surface area contributed by atoms with E-state index in [2.05, 4.69) is 101 Å². The van der Waals surface area contributed by atoms with Crippen LogP contribution in [0.25, 0.3) is 0 Å². The molecule has 3 aromatic rings. The second-order valence-electron chi connectivity index (χ2n) is 10.4. The van der Waals surface area contributed by atoms with E-state index < -0.39 is 0 Å². The maximum atomic E-state index is 5.02. The van der Waals surface area contributed by atoms with Gasteiger partial charge in [0.25, 0.3) is 0 Å². The molecule has 0 N–H and O–H groups in total. The van der Waals surface area contributed by atoms with Crippen molar-refractivity contribution in [2.24, 2.45) is 9.98 Å². The van der Waals surface area contributed by atoms with Crippen LogP contribution in [0.5, 0.6) is 0 Å². The molecule has 0 fully saturated rings. The number of rotatable bonds is 6. The molecule has 2 aliphatic rings. The van der Waals surface area contributed by atoms with Crippen molar-refractivity contribution in [1.29, 1.82) is 0 Å². The molecule has 2 aromatic carbocycles. The molecule has 2 aliphatic carbocycles. The van der Waals surface area contributed by atoms with Crippen LogP contribution in [0, 0.1) is 27.7 Å². The van der Waals surface area contributed by atoms with Crippen molar-refractivity contribution in [1.82, 2.24) is 4.98 Å². The number of aryl methyl sites for hydroxylation is 4. The molecule has 0 saturated heterocycles. The van der Waals surface area contributed by atoms with Gasteiger partial charge in [0.15, 0.2) is 0 Å². The van der Waals surface area contributed by atoms with Gasteiger partial charge < -0.3 is 0 Å². The van der Waals surface area contributed by atoms with E-state index in [9.17, 15) is 0 Å². The first kappa shape index (κ1) is 25.5. The average molecular weight is 498 g/mol. The lowest BCUT2D eigenvalue weighted by atomic mass is 9.95. The highest BCUT2D eigenvalue weighted by Gasteiger charge is 2.14. The molecule has 0 amide bonds. The Kier molecular flexibility index (Phi) is 7.20. The molecule has 0 saturated carbocycles. The summed E-state index contributed by atoms with van der Waals surface area (Å²) in [5, 5.41) is 0. The first-order valence-corrected chi connectivity index (χ1v) is 13.3. The van der Waals surface area contributed by atoms with Crippen LogP contribution in [0.15, 0.2) is 101 Å². The van der Waals surface area contributed by atoms with Gasteiger partial charge in [0, 0.05) is 11.8 Å². The highest BCUT2D eigenvalue weighted by atomic mass is 14.8. The van der Waals surface area contributed by atoms with Crippen molar-refractivity contribution in [3.8, 4) is 0 Å². The van der Waals surface area contributed by atoms with Crippen molar-refractivity contribution in [2.45, 2.75) is 53.4 Å². The normalized spacial score (nSPS) is 15.8. The fourth-order valence-electron chi connectivity index (χ4n) is 5.31. The van der Waals surface area contributed by atoms with Crippen LogP contribution in [0.4, 0.5) is 11.4 Å². The van der Waals surface area contributed by atoms with Gasteiger partial charge in [0.1, 0.15) is 0 Å². The van der Waals surface area contributed by atoms with E-state index in [-0.39, 0.29) is 0 Å². The van der Waals surface area contributed by atoms with E-state index in [0.717, 1.165) is 34.2 Å². The van der Waals surface area contributed by atoms with Crippen LogP contribution in [0.1, 0.15) is 70.5 Å². The van der Waals surface area contributed by atoms with Gasteiger partial charge in [-0.3, -0.25) is 9.98 Å². The molecule has 3 heteroatoms. The van der Waals surface area contributed by atoms with E-state index in [0.29, 0.717) is 11.8 Å². The largest absolute Gasteiger partial charge is 0.251 e. The van der Waals surface area contributed by atoms with Gasteiger partial charge in [-0.15, -0.1) is 0 Å². The van der Waals surface area contributed by atoms with Crippen molar-refractivity contribution in [3.05, 3.63) is 136 Å². The zero-order valence-electron chi connectivity index (χ0n) is 23.2. The maximum absolute atomic E-state index is 5.02. The SMILES string of the molecule is CC(=Nc1c(C)cc(C2C=CC=C2)cc1C)c1cccc(C(C)=Nc2c(C)cc(C3C=CC=C3)cc2C)n1. The van der Waals surface area contributed by atoms with Crippen LogP contribution in [-0.4, -0.2) is 16.4 Å². The van der Waals surface area contributed by atoms with Crippen molar-refractivity contribution in [2.75, 3.05) is 0 Å². The van der Waals surface area contributed by atoms with Gasteiger partial charge in [-0.1, -0.05) is 78.9 Å². The van der Waals surface area contributed by atoms with Crippen molar-refractivity contribution < 1.29 is 0 Å². The fraction of sp³-hybridized carbons (Fsp3) is 0.229. The van der Waals surface area contributed by atoms with Gasteiger partial charge in [-0.2, -0.15) is 0 Å². The predicted octanol–water partition coefficient (Wildman–Crippen LogP) is 9.02. The molecule has 0 atom stereocenters. The van der Waals surface area contributed by atoms with Crippen LogP contribution in [-0.2, 0) is 0 Å². The van der Waals surface area contributed by atoms with Crippen molar-refractivity contribution >= 4 is 22.8 Å². The van der Waals surface area contributed by atoms with Gasteiger partial charge in [0.2, 0.25) is 0 Å². The summed E-state index contributed by atoms with van der Waals surface area (Å²) in [5.41, 5.74) is 12.9. The highest BCUT2D eigenvalue weighted by Crippen LogP contribution is 2.33. The molecular weight excluding hydrogens is 462 g/mol. The molecule has 1 heterocycles. The molecule has 190 valence electrons. The Morgan fingerprint density at radius 2 is 0.921 bits per heavy atom. The summed E-state index contributed by atoms with van der Waals surface area (Å²) in [6.07, 6.45) is 17.3. The third-order valence-electron chi connectivity index (χ3n) is 7.34. The van der Waals surface area contributed by atoms with Gasteiger partial charge in [0.05, 0.1) is 34.2 Å². The number of allylic oxidation sites excluding steroid dienone is 8. The second kappa shape index (κ2) is 10.7. The lowest BCUT2D eigenvalue weighted by molar-refractivity contribution is 1.09. The summed E-state index contributed by atoms with van der Waals surface area (Å²) in [5.74, 6) is 0.707. The van der Waals surface area contributed by atoms with Gasteiger partial charge >= 0.3 is 0 Å². The molecule has 0 bridgehead atoms. The molecule has 3 nitrogen and oxygen atoms in total. The summed E-state index contributed by atoms with van der Waals surface area (Å²) in [6, 6.07) is 15.1.